The van der Waals surface area contributed by atoms with Gasteiger partial charge in [-0.05, 0) is 74.5 Å². The summed E-state index contributed by atoms with van der Waals surface area (Å²) in [5, 5.41) is 2.43. The van der Waals surface area contributed by atoms with Gasteiger partial charge in [-0.15, -0.1) is 0 Å². The van der Waals surface area contributed by atoms with E-state index in [1.807, 2.05) is 6.92 Å². The van der Waals surface area contributed by atoms with E-state index < -0.39 is 0 Å². The molecule has 1 amide bonds. The zero-order valence-electron chi connectivity index (χ0n) is 18.3. The number of piperidine rings is 1. The van der Waals surface area contributed by atoms with Crippen molar-refractivity contribution in [1.82, 2.24) is 14.8 Å². The van der Waals surface area contributed by atoms with Crippen LogP contribution < -0.4 is 0 Å². The summed E-state index contributed by atoms with van der Waals surface area (Å²) in [6.07, 6.45) is 5.34. The van der Waals surface area contributed by atoms with Gasteiger partial charge in [-0.25, -0.2) is 4.98 Å². The Bertz CT molecular complexity index is 1070. The van der Waals surface area contributed by atoms with Gasteiger partial charge in [0, 0.05) is 31.6 Å². The fourth-order valence-electron chi connectivity index (χ4n) is 4.94. The van der Waals surface area contributed by atoms with Crippen molar-refractivity contribution in [2.75, 3.05) is 26.2 Å². The molecule has 2 saturated heterocycles. The Balaban J connectivity index is 1.17. The SMILES string of the molecule is Cc1oc(-c2ccc3ccccc3c2)nc1CN1CCC(CCN2CCCC2=O)CC1. The number of carbonyl (C=O) groups excluding carboxylic acids is 1. The Labute approximate surface area is 184 Å². The second kappa shape index (κ2) is 8.83. The highest BCUT2D eigenvalue weighted by Gasteiger charge is 2.24. The molecule has 0 bridgehead atoms. The number of fused-ring (bicyclic) bond motifs is 1. The fourth-order valence-corrected chi connectivity index (χ4v) is 4.94. The Morgan fingerprint density at radius 2 is 1.87 bits per heavy atom. The van der Waals surface area contributed by atoms with Gasteiger partial charge < -0.3 is 9.32 Å². The standard InChI is InChI=1S/C26H31N3O2/c1-19-24(27-26(31-19)23-9-8-21-5-2-3-6-22(21)17-23)18-28-14-10-20(11-15-28)12-16-29-13-4-7-25(29)30/h2-3,5-6,8-9,17,20H,4,7,10-16,18H2,1H3. The van der Waals surface area contributed by atoms with Gasteiger partial charge in [0.25, 0.3) is 0 Å². The number of oxazole rings is 1. The number of hydrogen-bond acceptors (Lipinski definition) is 4. The lowest BCUT2D eigenvalue weighted by Crippen LogP contribution is -2.35. The number of benzene rings is 2. The van der Waals surface area contributed by atoms with E-state index in [0.29, 0.717) is 11.8 Å². The van der Waals surface area contributed by atoms with E-state index in [1.54, 1.807) is 0 Å². The zero-order valence-corrected chi connectivity index (χ0v) is 18.3. The van der Waals surface area contributed by atoms with Gasteiger partial charge >= 0.3 is 0 Å². The minimum Gasteiger partial charge on any atom is -0.441 e. The van der Waals surface area contributed by atoms with E-state index >= 15 is 0 Å². The van der Waals surface area contributed by atoms with Crippen LogP contribution in [-0.4, -0.2) is 46.9 Å². The van der Waals surface area contributed by atoms with Crippen LogP contribution in [0.25, 0.3) is 22.2 Å². The molecular formula is C26H31N3O2. The average Bonchev–Trinajstić information content (AvgIpc) is 3.38. The summed E-state index contributed by atoms with van der Waals surface area (Å²) in [6.45, 7) is 6.96. The van der Waals surface area contributed by atoms with Crippen LogP contribution in [0.5, 0.6) is 0 Å². The molecule has 0 spiro atoms. The molecule has 3 aromatic rings. The third kappa shape index (κ3) is 4.52. The maximum atomic E-state index is 11.8. The largest absolute Gasteiger partial charge is 0.441 e. The van der Waals surface area contributed by atoms with Crippen LogP contribution in [0.4, 0.5) is 0 Å². The van der Waals surface area contributed by atoms with Gasteiger partial charge in [0.05, 0.1) is 5.69 Å². The maximum absolute atomic E-state index is 11.8. The molecule has 162 valence electrons. The average molecular weight is 418 g/mol. The lowest BCUT2D eigenvalue weighted by molar-refractivity contribution is -0.127. The van der Waals surface area contributed by atoms with Crippen LogP contribution in [0.3, 0.4) is 0 Å². The van der Waals surface area contributed by atoms with Crippen molar-refractivity contribution < 1.29 is 9.21 Å². The van der Waals surface area contributed by atoms with E-state index in [4.69, 9.17) is 9.40 Å². The number of amides is 1. The topological polar surface area (TPSA) is 49.6 Å². The Morgan fingerprint density at radius 3 is 2.65 bits per heavy atom. The smallest absolute Gasteiger partial charge is 0.226 e. The highest BCUT2D eigenvalue weighted by molar-refractivity contribution is 5.86. The van der Waals surface area contributed by atoms with Crippen molar-refractivity contribution in [3.05, 3.63) is 53.9 Å². The van der Waals surface area contributed by atoms with E-state index in [-0.39, 0.29) is 0 Å². The third-order valence-electron chi connectivity index (χ3n) is 6.95. The number of carbonyl (C=O) groups is 1. The molecule has 2 aliphatic heterocycles. The molecule has 0 aliphatic carbocycles. The number of likely N-dealkylation sites (tertiary alicyclic amines) is 2. The molecule has 5 rings (SSSR count). The van der Waals surface area contributed by atoms with Crippen LogP contribution in [0.2, 0.25) is 0 Å². The Morgan fingerprint density at radius 1 is 1.06 bits per heavy atom. The van der Waals surface area contributed by atoms with Crippen LogP contribution in [-0.2, 0) is 11.3 Å². The Kier molecular flexibility index (Phi) is 5.77. The predicted octanol–water partition coefficient (Wildman–Crippen LogP) is 5.03. The first-order chi connectivity index (χ1) is 15.2. The second-order valence-electron chi connectivity index (χ2n) is 9.08. The van der Waals surface area contributed by atoms with E-state index in [9.17, 15) is 4.79 Å². The molecule has 0 N–H and O–H groups in total. The van der Waals surface area contributed by atoms with Crippen LogP contribution >= 0.6 is 0 Å². The first kappa shape index (κ1) is 20.3. The quantitative estimate of drug-likeness (QED) is 0.565. The molecule has 0 unspecified atom stereocenters. The number of aromatic nitrogens is 1. The van der Waals surface area contributed by atoms with E-state index in [2.05, 4.69) is 52.3 Å². The van der Waals surface area contributed by atoms with E-state index in [0.717, 1.165) is 74.9 Å². The van der Waals surface area contributed by atoms with Crippen LogP contribution in [0.15, 0.2) is 46.9 Å². The summed E-state index contributed by atoms with van der Waals surface area (Å²) in [7, 11) is 0. The normalized spacial score (nSPS) is 18.4. The number of hydrogen-bond donors (Lipinski definition) is 0. The van der Waals surface area contributed by atoms with Gasteiger partial charge in [-0.2, -0.15) is 0 Å². The zero-order chi connectivity index (χ0) is 21.2. The molecule has 5 heteroatoms. The number of aryl methyl sites for hydroxylation is 1. The number of nitrogens with zero attached hydrogens (tertiary/aromatic N) is 3. The van der Waals surface area contributed by atoms with Crippen molar-refractivity contribution in [3.8, 4) is 11.5 Å². The monoisotopic (exact) mass is 417 g/mol. The minimum absolute atomic E-state index is 0.348. The van der Waals surface area contributed by atoms with Crippen molar-refractivity contribution in [2.24, 2.45) is 5.92 Å². The summed E-state index contributed by atoms with van der Waals surface area (Å²) < 4.78 is 6.04. The lowest BCUT2D eigenvalue weighted by Gasteiger charge is -2.32. The fraction of sp³-hybridized carbons (Fsp3) is 0.462. The number of rotatable bonds is 6. The lowest BCUT2D eigenvalue weighted by atomic mass is 9.93. The highest BCUT2D eigenvalue weighted by Crippen LogP contribution is 2.28. The van der Waals surface area contributed by atoms with Crippen molar-refractivity contribution in [1.29, 1.82) is 0 Å². The Hall–Kier alpha value is -2.66. The van der Waals surface area contributed by atoms with Gasteiger partial charge in [0.15, 0.2) is 0 Å². The minimum atomic E-state index is 0.348. The summed E-state index contributed by atoms with van der Waals surface area (Å²) in [5.74, 6) is 2.71. The summed E-state index contributed by atoms with van der Waals surface area (Å²) >= 11 is 0. The van der Waals surface area contributed by atoms with Crippen molar-refractivity contribution in [2.45, 2.75) is 45.6 Å². The third-order valence-corrected chi connectivity index (χ3v) is 6.95. The molecule has 2 aromatic carbocycles. The summed E-state index contributed by atoms with van der Waals surface area (Å²) in [5.41, 5.74) is 2.08. The van der Waals surface area contributed by atoms with Gasteiger partial charge in [-0.1, -0.05) is 30.3 Å². The van der Waals surface area contributed by atoms with Crippen LogP contribution in [0.1, 0.15) is 43.6 Å². The molecule has 2 aliphatic rings. The molecule has 5 nitrogen and oxygen atoms in total. The summed E-state index contributed by atoms with van der Waals surface area (Å²) in [4.78, 5) is 21.2. The molecule has 2 fully saturated rings. The van der Waals surface area contributed by atoms with Crippen molar-refractivity contribution in [3.63, 3.8) is 0 Å². The molecule has 0 atom stereocenters. The molecular weight excluding hydrogens is 386 g/mol. The molecule has 31 heavy (non-hydrogen) atoms. The van der Waals surface area contributed by atoms with Gasteiger partial charge in [0.2, 0.25) is 11.8 Å². The molecule has 0 radical (unpaired) electrons. The summed E-state index contributed by atoms with van der Waals surface area (Å²) in [6, 6.07) is 14.7. The first-order valence-corrected chi connectivity index (χ1v) is 11.6. The predicted molar refractivity (Wildman–Crippen MR) is 123 cm³/mol. The van der Waals surface area contributed by atoms with Crippen molar-refractivity contribution >= 4 is 16.7 Å². The first-order valence-electron chi connectivity index (χ1n) is 11.6. The highest BCUT2D eigenvalue weighted by atomic mass is 16.4. The molecule has 1 aromatic heterocycles. The van der Waals surface area contributed by atoms with E-state index in [1.165, 1.54) is 23.6 Å². The van der Waals surface area contributed by atoms with Crippen LogP contribution in [0, 0.1) is 12.8 Å². The molecule has 3 heterocycles. The molecule has 0 saturated carbocycles. The second-order valence-corrected chi connectivity index (χ2v) is 9.08. The maximum Gasteiger partial charge on any atom is 0.226 e. The van der Waals surface area contributed by atoms with Gasteiger partial charge in [0.1, 0.15) is 5.76 Å². The van der Waals surface area contributed by atoms with Gasteiger partial charge in [-0.3, -0.25) is 9.69 Å².